The summed E-state index contributed by atoms with van der Waals surface area (Å²) in [5.74, 6) is -1.84. The summed E-state index contributed by atoms with van der Waals surface area (Å²) in [5.41, 5.74) is 0.973. The van der Waals surface area contributed by atoms with Crippen LogP contribution < -0.4 is 9.64 Å². The molecule has 2 aliphatic rings. The van der Waals surface area contributed by atoms with Crippen molar-refractivity contribution in [1.29, 1.82) is 0 Å². The van der Waals surface area contributed by atoms with Gasteiger partial charge in [-0.3, -0.25) is 9.59 Å². The third-order valence-electron chi connectivity index (χ3n) is 4.63. The average Bonchev–Trinajstić information content (AvgIpc) is 2.71. The van der Waals surface area contributed by atoms with Crippen molar-refractivity contribution in [1.82, 2.24) is 0 Å². The first-order valence-electron chi connectivity index (χ1n) is 7.78. The highest BCUT2D eigenvalue weighted by molar-refractivity contribution is 9.10. The smallest absolute Gasteiger partial charge is 0.308 e. The summed E-state index contributed by atoms with van der Waals surface area (Å²) in [6, 6.07) is 8.93. The van der Waals surface area contributed by atoms with Crippen molar-refractivity contribution in [3.8, 4) is 11.5 Å². The second-order valence-electron chi connectivity index (χ2n) is 6.07. The number of anilines is 1. The number of piperidine rings is 1. The number of nitrogens with zero attached hydrogens (tertiary/aromatic N) is 1. The number of para-hydroxylation sites is 1. The van der Waals surface area contributed by atoms with Crippen LogP contribution >= 0.6 is 15.9 Å². The quantitative estimate of drug-likeness (QED) is 0.769. The number of carboxylic acid groups (broad SMARTS) is 1. The Morgan fingerprint density at radius 1 is 1.28 bits per heavy atom. The van der Waals surface area contributed by atoms with Crippen LogP contribution in [0.1, 0.15) is 24.4 Å². The molecule has 1 saturated heterocycles. The molecular weight excluding hydrogens is 393 g/mol. The number of carbonyl (C=O) groups excluding carboxylic acids is 1. The monoisotopic (exact) mass is 405 g/mol. The van der Waals surface area contributed by atoms with Crippen LogP contribution in [0, 0.1) is 11.7 Å². The maximum absolute atomic E-state index is 14.0. The molecule has 4 rings (SSSR count). The highest BCUT2D eigenvalue weighted by atomic mass is 79.9. The number of hydrogen-bond acceptors (Lipinski definition) is 3. The summed E-state index contributed by atoms with van der Waals surface area (Å²) in [5, 5.41) is 9.68. The Kier molecular flexibility index (Phi) is 3.76. The van der Waals surface area contributed by atoms with Crippen molar-refractivity contribution in [2.24, 2.45) is 5.92 Å². The Balaban J connectivity index is 2.01. The molecule has 0 saturated carbocycles. The van der Waals surface area contributed by atoms with Crippen molar-refractivity contribution < 1.29 is 23.8 Å². The molecule has 2 aromatic rings. The number of carbonyl (C=O) groups is 2. The Labute approximate surface area is 151 Å². The number of aliphatic carboxylic acids is 1. The number of hydrogen-bond donors (Lipinski definition) is 1. The van der Waals surface area contributed by atoms with Gasteiger partial charge in [-0.25, -0.2) is 4.39 Å². The summed E-state index contributed by atoms with van der Waals surface area (Å²) < 4.78 is 20.1. The molecule has 1 N–H and O–H groups in total. The van der Waals surface area contributed by atoms with Crippen molar-refractivity contribution in [2.75, 3.05) is 4.90 Å². The minimum absolute atomic E-state index is 0.115. The molecule has 0 aliphatic carbocycles. The zero-order valence-electron chi connectivity index (χ0n) is 12.9. The highest BCUT2D eigenvalue weighted by Crippen LogP contribution is 2.50. The van der Waals surface area contributed by atoms with Gasteiger partial charge in [-0.1, -0.05) is 18.2 Å². The molecule has 7 heteroatoms. The number of carboxylic acids is 1. The summed E-state index contributed by atoms with van der Waals surface area (Å²) in [7, 11) is 0. The van der Waals surface area contributed by atoms with Gasteiger partial charge in [0, 0.05) is 18.1 Å². The molecule has 128 valence electrons. The fourth-order valence-corrected chi connectivity index (χ4v) is 3.85. The SMILES string of the molecule is O=C(O)[C@@H]1CCC(=O)N2c3cc(Br)c(F)cc3Oc3ccccc3[C@@H]12. The lowest BCUT2D eigenvalue weighted by atomic mass is 9.83. The standard InChI is InChI=1S/C18H13BrFNO4/c19-11-7-13-15(8-12(11)20)25-14-4-2-1-3-9(14)17-10(18(23)24)5-6-16(22)21(13)17/h1-4,7-8,10,17H,5-6H2,(H,23,24)/t10-,17+/m1/s1. The molecule has 0 spiro atoms. The van der Waals surface area contributed by atoms with Crippen molar-refractivity contribution in [3.63, 3.8) is 0 Å². The number of benzene rings is 2. The van der Waals surface area contributed by atoms with E-state index >= 15 is 0 Å². The lowest BCUT2D eigenvalue weighted by molar-refractivity contribution is -0.144. The predicted octanol–water partition coefficient (Wildman–Crippen LogP) is 4.26. The predicted molar refractivity (Wildman–Crippen MR) is 91.2 cm³/mol. The topological polar surface area (TPSA) is 66.8 Å². The maximum atomic E-state index is 14.0. The summed E-state index contributed by atoms with van der Waals surface area (Å²) >= 11 is 3.13. The van der Waals surface area contributed by atoms with E-state index in [0.29, 0.717) is 17.0 Å². The average molecular weight is 406 g/mol. The molecule has 25 heavy (non-hydrogen) atoms. The first-order chi connectivity index (χ1) is 12.0. The van der Waals surface area contributed by atoms with Crippen molar-refractivity contribution >= 4 is 33.5 Å². The molecule has 0 unspecified atom stereocenters. The van der Waals surface area contributed by atoms with Crippen LogP contribution in [0.2, 0.25) is 0 Å². The van der Waals surface area contributed by atoms with Crippen LogP contribution in [0.15, 0.2) is 40.9 Å². The van der Waals surface area contributed by atoms with Crippen LogP contribution in [0.25, 0.3) is 0 Å². The van der Waals surface area contributed by atoms with Crippen LogP contribution in [0.4, 0.5) is 10.1 Å². The molecule has 1 amide bonds. The highest BCUT2D eigenvalue weighted by Gasteiger charge is 2.45. The molecule has 2 heterocycles. The molecule has 5 nitrogen and oxygen atoms in total. The summed E-state index contributed by atoms with van der Waals surface area (Å²) in [6.07, 6.45) is 0.367. The van der Waals surface area contributed by atoms with Gasteiger partial charge < -0.3 is 14.7 Å². The van der Waals surface area contributed by atoms with Crippen molar-refractivity contribution in [2.45, 2.75) is 18.9 Å². The van der Waals surface area contributed by atoms with E-state index in [2.05, 4.69) is 15.9 Å². The molecule has 0 aromatic heterocycles. The second kappa shape index (κ2) is 5.84. The lowest BCUT2D eigenvalue weighted by Gasteiger charge is -2.38. The number of fused-ring (bicyclic) bond motifs is 5. The van der Waals surface area contributed by atoms with Crippen molar-refractivity contribution in [3.05, 3.63) is 52.3 Å². The number of halogens is 2. The molecule has 0 radical (unpaired) electrons. The van der Waals surface area contributed by atoms with Gasteiger partial charge in [0.1, 0.15) is 11.6 Å². The zero-order chi connectivity index (χ0) is 17.7. The molecule has 1 fully saturated rings. The van der Waals surface area contributed by atoms with E-state index in [1.807, 2.05) is 0 Å². The van der Waals surface area contributed by atoms with E-state index in [4.69, 9.17) is 4.74 Å². The van der Waals surface area contributed by atoms with E-state index < -0.39 is 23.7 Å². The lowest BCUT2D eigenvalue weighted by Crippen LogP contribution is -2.45. The van der Waals surface area contributed by atoms with Gasteiger partial charge in [-0.2, -0.15) is 0 Å². The number of rotatable bonds is 1. The third kappa shape index (κ3) is 2.50. The largest absolute Gasteiger partial charge is 0.481 e. The summed E-state index contributed by atoms with van der Waals surface area (Å²) in [6.45, 7) is 0. The molecule has 2 aliphatic heterocycles. The van der Waals surface area contributed by atoms with E-state index in [-0.39, 0.29) is 29.0 Å². The van der Waals surface area contributed by atoms with E-state index in [0.717, 1.165) is 0 Å². The second-order valence-corrected chi connectivity index (χ2v) is 6.92. The van der Waals surface area contributed by atoms with Gasteiger partial charge in [-0.05, 0) is 34.5 Å². The third-order valence-corrected chi connectivity index (χ3v) is 5.24. The molecule has 2 aromatic carbocycles. The molecule has 0 bridgehead atoms. The van der Waals surface area contributed by atoms with Gasteiger partial charge >= 0.3 is 5.97 Å². The van der Waals surface area contributed by atoms with Gasteiger partial charge in [0.25, 0.3) is 0 Å². The molecule has 2 atom stereocenters. The minimum Gasteiger partial charge on any atom is -0.481 e. The Morgan fingerprint density at radius 2 is 2.04 bits per heavy atom. The fourth-order valence-electron chi connectivity index (χ4n) is 3.52. The van der Waals surface area contributed by atoms with Crippen LogP contribution in [0.5, 0.6) is 11.5 Å². The fraction of sp³-hybridized carbons (Fsp3) is 0.222. The van der Waals surface area contributed by atoms with Crippen LogP contribution in [-0.2, 0) is 9.59 Å². The normalized spacial score (nSPS) is 21.5. The minimum atomic E-state index is -0.970. The van der Waals surface area contributed by atoms with Gasteiger partial charge in [-0.15, -0.1) is 0 Å². The maximum Gasteiger partial charge on any atom is 0.308 e. The number of amides is 1. The first kappa shape index (κ1) is 16.1. The molecular formula is C18H13BrFNO4. The number of ether oxygens (including phenoxy) is 1. The first-order valence-corrected chi connectivity index (χ1v) is 8.57. The van der Waals surface area contributed by atoms with E-state index in [9.17, 15) is 19.1 Å². The Bertz CT molecular complexity index is 901. The Morgan fingerprint density at radius 3 is 2.80 bits per heavy atom. The van der Waals surface area contributed by atoms with Crippen LogP contribution in [-0.4, -0.2) is 17.0 Å². The van der Waals surface area contributed by atoms with E-state index in [1.54, 1.807) is 24.3 Å². The van der Waals surface area contributed by atoms with Crippen LogP contribution in [0.3, 0.4) is 0 Å². The van der Waals surface area contributed by atoms with Gasteiger partial charge in [0.05, 0.1) is 22.1 Å². The summed E-state index contributed by atoms with van der Waals surface area (Å²) in [4.78, 5) is 25.9. The zero-order valence-corrected chi connectivity index (χ0v) is 14.5. The van der Waals surface area contributed by atoms with Gasteiger partial charge in [0.2, 0.25) is 5.91 Å². The Hall–Kier alpha value is -2.41. The van der Waals surface area contributed by atoms with Gasteiger partial charge in [0.15, 0.2) is 5.75 Å². The van der Waals surface area contributed by atoms with E-state index in [1.165, 1.54) is 17.0 Å².